The number of esters is 1. The van der Waals surface area contributed by atoms with Crippen LogP contribution in [0.15, 0.2) is 84.3 Å². The number of amides is 1. The van der Waals surface area contributed by atoms with Gasteiger partial charge in [0.05, 0.1) is 11.0 Å². The van der Waals surface area contributed by atoms with Gasteiger partial charge in [0.1, 0.15) is 5.75 Å². The van der Waals surface area contributed by atoms with Gasteiger partial charge in [0.15, 0.2) is 6.61 Å². The predicted octanol–water partition coefficient (Wildman–Crippen LogP) is 4.79. The van der Waals surface area contributed by atoms with E-state index in [1.54, 1.807) is 30.3 Å². The Labute approximate surface area is 204 Å². The smallest absolute Gasteiger partial charge is 0.452 e. The van der Waals surface area contributed by atoms with E-state index in [1.165, 1.54) is 42.5 Å². The van der Waals surface area contributed by atoms with Crippen LogP contribution in [-0.2, 0) is 19.6 Å². The molecule has 8 nitrogen and oxygen atoms in total. The Bertz CT molecular complexity index is 1340. The Balaban J connectivity index is 1.53. The number of sulfonamides is 1. The quantitative estimate of drug-likeness (QED) is 0.393. The molecule has 0 saturated heterocycles. The van der Waals surface area contributed by atoms with Crippen molar-refractivity contribution in [3.05, 3.63) is 95.4 Å². The molecule has 0 unspecified atom stereocenters. The molecule has 1 amide bonds. The van der Waals surface area contributed by atoms with Crippen LogP contribution in [0, 0.1) is 0 Å². The second-order valence-electron chi connectivity index (χ2n) is 7.14. The predicted molar refractivity (Wildman–Crippen MR) is 126 cm³/mol. The van der Waals surface area contributed by atoms with Crippen LogP contribution < -0.4 is 14.8 Å². The van der Waals surface area contributed by atoms with Gasteiger partial charge < -0.3 is 14.8 Å². The molecule has 0 fully saturated rings. The van der Waals surface area contributed by atoms with Crippen LogP contribution in [0.5, 0.6) is 5.75 Å². The molecule has 0 aliphatic carbocycles. The lowest BCUT2D eigenvalue weighted by molar-refractivity contribution is -0.274. The number of halogens is 3. The van der Waals surface area contributed by atoms with E-state index in [2.05, 4.69) is 14.8 Å². The van der Waals surface area contributed by atoms with E-state index in [4.69, 9.17) is 4.74 Å². The van der Waals surface area contributed by atoms with Crippen molar-refractivity contribution < 1.29 is 40.7 Å². The third-order valence-electron chi connectivity index (χ3n) is 4.30. The van der Waals surface area contributed by atoms with Gasteiger partial charge in [-0.3, -0.25) is 9.52 Å². The number of carbonyl (C=O) groups is 2. The van der Waals surface area contributed by atoms with Crippen LogP contribution in [0.4, 0.5) is 24.5 Å². The summed E-state index contributed by atoms with van der Waals surface area (Å²) in [5, 5.41) is 3.34. The number of alkyl halides is 3. The van der Waals surface area contributed by atoms with Crippen LogP contribution in [0.2, 0.25) is 0 Å². The molecule has 12 heteroatoms. The van der Waals surface area contributed by atoms with Gasteiger partial charge in [-0.05, 0) is 54.1 Å². The third-order valence-corrected chi connectivity index (χ3v) is 5.32. The molecule has 0 heterocycles. The van der Waals surface area contributed by atoms with Gasteiger partial charge in [0.2, 0.25) is 0 Å². The maximum absolute atomic E-state index is 12.3. The highest BCUT2D eigenvalue weighted by Crippen LogP contribution is 2.24. The van der Waals surface area contributed by atoms with Crippen molar-refractivity contribution in [3.8, 4) is 5.75 Å². The van der Waals surface area contributed by atoms with Crippen molar-refractivity contribution in [1.82, 2.24) is 0 Å². The topological polar surface area (TPSA) is 111 Å². The maximum Gasteiger partial charge on any atom is 0.573 e. The van der Waals surface area contributed by atoms with Crippen LogP contribution in [0.1, 0.15) is 15.9 Å². The van der Waals surface area contributed by atoms with E-state index < -0.39 is 40.6 Å². The van der Waals surface area contributed by atoms with Gasteiger partial charge in [0.25, 0.3) is 15.9 Å². The van der Waals surface area contributed by atoms with Gasteiger partial charge in [0, 0.05) is 11.4 Å². The maximum atomic E-state index is 12.3. The number of carbonyl (C=O) groups excluding carboxylic acids is 2. The number of rotatable bonds is 9. The molecule has 0 aliphatic rings. The summed E-state index contributed by atoms with van der Waals surface area (Å²) in [7, 11) is -3.87. The highest BCUT2D eigenvalue weighted by atomic mass is 32.2. The van der Waals surface area contributed by atoms with Crippen LogP contribution >= 0.6 is 0 Å². The van der Waals surface area contributed by atoms with Gasteiger partial charge >= 0.3 is 12.3 Å². The van der Waals surface area contributed by atoms with E-state index >= 15 is 0 Å². The average Bonchev–Trinajstić information content (AvgIpc) is 2.82. The molecule has 3 aromatic carbocycles. The number of nitrogens with one attached hydrogen (secondary N) is 2. The van der Waals surface area contributed by atoms with Crippen molar-refractivity contribution >= 4 is 39.4 Å². The van der Waals surface area contributed by atoms with E-state index in [9.17, 15) is 31.2 Å². The van der Waals surface area contributed by atoms with E-state index in [-0.39, 0.29) is 16.9 Å². The summed E-state index contributed by atoms with van der Waals surface area (Å²) in [4.78, 5) is 24.3. The lowest BCUT2D eigenvalue weighted by atomic mass is 10.2. The Hall–Kier alpha value is -4.32. The highest BCUT2D eigenvalue weighted by molar-refractivity contribution is 7.95. The first kappa shape index (κ1) is 26.3. The first-order valence-electron chi connectivity index (χ1n) is 10.2. The molecule has 0 bridgehead atoms. The second kappa shape index (κ2) is 11.4. The summed E-state index contributed by atoms with van der Waals surface area (Å²) in [6.07, 6.45) is -3.43. The minimum atomic E-state index is -4.84. The summed E-state index contributed by atoms with van der Waals surface area (Å²) < 4.78 is 72.2. The van der Waals surface area contributed by atoms with Gasteiger partial charge in [-0.2, -0.15) is 0 Å². The zero-order chi connectivity index (χ0) is 26.2. The van der Waals surface area contributed by atoms with E-state index in [0.29, 0.717) is 5.56 Å². The minimum Gasteiger partial charge on any atom is -0.452 e. The first-order valence-corrected chi connectivity index (χ1v) is 11.7. The molecular weight excluding hydrogens is 501 g/mol. The molecule has 36 heavy (non-hydrogen) atoms. The van der Waals surface area contributed by atoms with Gasteiger partial charge in [-0.15, -0.1) is 13.2 Å². The Morgan fingerprint density at radius 1 is 0.889 bits per heavy atom. The Kier molecular flexibility index (Phi) is 8.33. The normalized spacial score (nSPS) is 11.6. The molecule has 3 rings (SSSR count). The Morgan fingerprint density at radius 3 is 2.25 bits per heavy atom. The number of ether oxygens (including phenoxy) is 2. The number of hydrogen-bond acceptors (Lipinski definition) is 6. The fraction of sp³-hybridized carbons (Fsp3) is 0.0833. The van der Waals surface area contributed by atoms with Crippen LogP contribution in [-0.4, -0.2) is 33.3 Å². The minimum absolute atomic E-state index is 0.0105. The van der Waals surface area contributed by atoms with Gasteiger partial charge in [-0.1, -0.05) is 36.4 Å². The van der Waals surface area contributed by atoms with Crippen molar-refractivity contribution in [2.75, 3.05) is 16.6 Å². The van der Waals surface area contributed by atoms with Crippen molar-refractivity contribution in [2.45, 2.75) is 6.36 Å². The van der Waals surface area contributed by atoms with E-state index in [0.717, 1.165) is 17.5 Å². The third kappa shape index (κ3) is 8.80. The second-order valence-corrected chi connectivity index (χ2v) is 8.70. The number of hydrogen-bond donors (Lipinski definition) is 2. The standard InChI is InChI=1S/C24H19F3N2O6S/c25-24(26,27)35-21-11-9-19(10-12-21)28-22(30)16-34-23(31)18-7-4-8-20(15-18)29-36(32,33)14-13-17-5-2-1-3-6-17/h1-15,29H,16H2,(H,28,30). The molecule has 0 spiro atoms. The summed E-state index contributed by atoms with van der Waals surface area (Å²) in [5.74, 6) is -2.09. The zero-order valence-electron chi connectivity index (χ0n) is 18.4. The summed E-state index contributed by atoms with van der Waals surface area (Å²) in [6.45, 7) is -0.685. The molecule has 0 aliphatic heterocycles. The van der Waals surface area contributed by atoms with Crippen molar-refractivity contribution in [2.24, 2.45) is 0 Å². The molecule has 2 N–H and O–H groups in total. The van der Waals surface area contributed by atoms with Gasteiger partial charge in [-0.25, -0.2) is 13.2 Å². The lowest BCUT2D eigenvalue weighted by Gasteiger charge is -2.10. The molecule has 0 radical (unpaired) electrons. The molecule has 188 valence electrons. The molecular formula is C24H19F3N2O6S. The highest BCUT2D eigenvalue weighted by Gasteiger charge is 2.31. The SMILES string of the molecule is O=C(COC(=O)c1cccc(NS(=O)(=O)C=Cc2ccccc2)c1)Nc1ccc(OC(F)(F)F)cc1. The van der Waals surface area contributed by atoms with Crippen molar-refractivity contribution in [1.29, 1.82) is 0 Å². The van der Waals surface area contributed by atoms with E-state index in [1.807, 2.05) is 0 Å². The molecule has 0 aromatic heterocycles. The molecule has 0 saturated carbocycles. The summed E-state index contributed by atoms with van der Waals surface area (Å²) in [5.41, 5.74) is 0.936. The molecule has 0 atom stereocenters. The first-order chi connectivity index (χ1) is 17.0. The average molecular weight is 520 g/mol. The summed E-state index contributed by atoms with van der Waals surface area (Å²) in [6, 6.07) is 18.7. The summed E-state index contributed by atoms with van der Waals surface area (Å²) >= 11 is 0. The van der Waals surface area contributed by atoms with Crippen LogP contribution in [0.25, 0.3) is 6.08 Å². The largest absolute Gasteiger partial charge is 0.573 e. The zero-order valence-corrected chi connectivity index (χ0v) is 19.2. The monoisotopic (exact) mass is 520 g/mol. The van der Waals surface area contributed by atoms with Crippen molar-refractivity contribution in [3.63, 3.8) is 0 Å². The number of benzene rings is 3. The number of anilines is 2. The van der Waals surface area contributed by atoms with Crippen LogP contribution in [0.3, 0.4) is 0 Å². The fourth-order valence-corrected chi connectivity index (χ4v) is 3.65. The molecule has 3 aromatic rings. The fourth-order valence-electron chi connectivity index (χ4n) is 2.79. The Morgan fingerprint density at radius 2 is 1.58 bits per heavy atom. The lowest BCUT2D eigenvalue weighted by Crippen LogP contribution is -2.21.